The molecular formula is C20H14N6O2S. The van der Waals surface area contributed by atoms with E-state index in [1.807, 2.05) is 23.6 Å². The number of thiazole rings is 1. The highest BCUT2D eigenvalue weighted by Gasteiger charge is 2.16. The van der Waals surface area contributed by atoms with E-state index in [-0.39, 0.29) is 18.0 Å². The molecule has 5 rings (SSSR count). The van der Waals surface area contributed by atoms with E-state index in [9.17, 15) is 9.59 Å². The first kappa shape index (κ1) is 17.3. The lowest BCUT2D eigenvalue weighted by Gasteiger charge is -2.03. The standard InChI is InChI=1S/C20H14N6O2S/c27-19(22-10-17-24-15(11-29-17)12-5-7-21-8-6-12)14-9-23-26-16-4-2-1-3-13(16)20(28)25-18(14)26/h1-9,11H,10H2,(H,22,27)(H,25,28). The molecule has 0 fully saturated rings. The monoisotopic (exact) mass is 402 g/mol. The van der Waals surface area contributed by atoms with Crippen molar-refractivity contribution in [3.63, 3.8) is 0 Å². The van der Waals surface area contributed by atoms with Crippen molar-refractivity contribution in [3.8, 4) is 11.3 Å². The minimum atomic E-state index is -0.327. The fourth-order valence-corrected chi connectivity index (χ4v) is 3.88. The molecule has 0 atom stereocenters. The van der Waals surface area contributed by atoms with Crippen molar-refractivity contribution in [1.29, 1.82) is 0 Å². The molecule has 0 unspecified atom stereocenters. The average Bonchev–Trinajstić information content (AvgIpc) is 3.40. The topological polar surface area (TPSA) is 105 Å². The van der Waals surface area contributed by atoms with Crippen molar-refractivity contribution in [2.45, 2.75) is 6.54 Å². The molecule has 1 aromatic carbocycles. The van der Waals surface area contributed by atoms with Gasteiger partial charge in [0.05, 0.1) is 29.3 Å². The molecule has 8 nitrogen and oxygen atoms in total. The van der Waals surface area contributed by atoms with Crippen LogP contribution in [-0.4, -0.2) is 30.5 Å². The summed E-state index contributed by atoms with van der Waals surface area (Å²) in [6.07, 6.45) is 4.88. The van der Waals surface area contributed by atoms with Crippen molar-refractivity contribution < 1.29 is 4.79 Å². The van der Waals surface area contributed by atoms with Gasteiger partial charge in [0.25, 0.3) is 11.5 Å². The highest BCUT2D eigenvalue weighted by Crippen LogP contribution is 2.21. The van der Waals surface area contributed by atoms with Crippen LogP contribution in [0.25, 0.3) is 27.8 Å². The van der Waals surface area contributed by atoms with Crippen LogP contribution in [-0.2, 0) is 6.54 Å². The van der Waals surface area contributed by atoms with Gasteiger partial charge in [-0.2, -0.15) is 5.10 Å². The Balaban J connectivity index is 1.40. The van der Waals surface area contributed by atoms with Gasteiger partial charge in [-0.25, -0.2) is 9.50 Å². The molecule has 0 aliphatic heterocycles. The summed E-state index contributed by atoms with van der Waals surface area (Å²) < 4.78 is 1.57. The van der Waals surface area contributed by atoms with Crippen molar-refractivity contribution in [2.24, 2.45) is 0 Å². The molecule has 29 heavy (non-hydrogen) atoms. The SMILES string of the molecule is O=C(NCc1nc(-c2ccncc2)cs1)c1cnn2c1[nH]c(=O)c1ccccc12. The van der Waals surface area contributed by atoms with Gasteiger partial charge in [0.1, 0.15) is 16.2 Å². The Morgan fingerprint density at radius 3 is 2.86 bits per heavy atom. The Bertz CT molecular complexity index is 1400. The number of nitrogens with zero attached hydrogens (tertiary/aromatic N) is 4. The van der Waals surface area contributed by atoms with Gasteiger partial charge in [-0.3, -0.25) is 14.6 Å². The van der Waals surface area contributed by atoms with Crippen molar-refractivity contribution in [3.05, 3.63) is 81.3 Å². The smallest absolute Gasteiger partial charge is 0.259 e. The van der Waals surface area contributed by atoms with Crippen molar-refractivity contribution >= 4 is 33.8 Å². The molecule has 4 heterocycles. The fourth-order valence-electron chi connectivity index (χ4n) is 3.14. The van der Waals surface area contributed by atoms with E-state index in [1.165, 1.54) is 17.5 Å². The molecule has 0 saturated carbocycles. The van der Waals surface area contributed by atoms with E-state index in [4.69, 9.17) is 0 Å². The number of rotatable bonds is 4. The van der Waals surface area contributed by atoms with Crippen LogP contribution in [0.5, 0.6) is 0 Å². The van der Waals surface area contributed by atoms with Crippen LogP contribution in [0.1, 0.15) is 15.4 Å². The number of fused-ring (bicyclic) bond motifs is 3. The third kappa shape index (κ3) is 3.07. The van der Waals surface area contributed by atoms with Gasteiger partial charge in [-0.05, 0) is 24.3 Å². The molecule has 0 radical (unpaired) electrons. The molecule has 0 aliphatic rings. The Hall–Kier alpha value is -3.85. The van der Waals surface area contributed by atoms with Gasteiger partial charge in [0.2, 0.25) is 0 Å². The third-order valence-corrected chi connectivity index (χ3v) is 5.40. The number of para-hydroxylation sites is 1. The summed E-state index contributed by atoms with van der Waals surface area (Å²) in [5.74, 6) is -0.327. The van der Waals surface area contributed by atoms with Crippen LogP contribution < -0.4 is 10.9 Å². The van der Waals surface area contributed by atoms with Gasteiger partial charge in [-0.1, -0.05) is 12.1 Å². The first-order valence-corrected chi connectivity index (χ1v) is 9.70. The number of aromatic amines is 1. The minimum absolute atomic E-state index is 0.260. The number of H-pyrrole nitrogens is 1. The van der Waals surface area contributed by atoms with Gasteiger partial charge in [0, 0.05) is 23.3 Å². The Labute approximate surface area is 167 Å². The van der Waals surface area contributed by atoms with Crippen LogP contribution in [0.15, 0.2) is 65.2 Å². The van der Waals surface area contributed by atoms with Crippen LogP contribution in [0, 0.1) is 0 Å². The summed E-state index contributed by atoms with van der Waals surface area (Å²) in [4.78, 5) is 36.3. The molecule has 1 amide bonds. The first-order chi connectivity index (χ1) is 14.2. The summed E-state index contributed by atoms with van der Waals surface area (Å²) in [6.45, 7) is 0.281. The van der Waals surface area contributed by atoms with Gasteiger partial charge < -0.3 is 10.3 Å². The number of aromatic nitrogens is 5. The summed E-state index contributed by atoms with van der Waals surface area (Å²) in [5.41, 5.74) is 2.87. The fraction of sp³-hybridized carbons (Fsp3) is 0.0500. The normalized spacial score (nSPS) is 11.2. The number of carbonyl (C=O) groups is 1. The Morgan fingerprint density at radius 1 is 1.17 bits per heavy atom. The maximum atomic E-state index is 12.7. The zero-order chi connectivity index (χ0) is 19.8. The van der Waals surface area contributed by atoms with Gasteiger partial charge in [-0.15, -0.1) is 11.3 Å². The van der Waals surface area contributed by atoms with E-state index in [0.717, 1.165) is 16.3 Å². The Kier molecular flexibility index (Phi) is 4.14. The highest BCUT2D eigenvalue weighted by atomic mass is 32.1. The molecule has 4 aromatic heterocycles. The summed E-state index contributed by atoms with van der Waals surface area (Å²) in [7, 11) is 0. The third-order valence-electron chi connectivity index (χ3n) is 4.55. The lowest BCUT2D eigenvalue weighted by molar-refractivity contribution is 0.0952. The molecule has 2 N–H and O–H groups in total. The predicted molar refractivity (Wildman–Crippen MR) is 110 cm³/mol. The van der Waals surface area contributed by atoms with Gasteiger partial charge in [0.15, 0.2) is 0 Å². The highest BCUT2D eigenvalue weighted by molar-refractivity contribution is 7.09. The van der Waals surface area contributed by atoms with E-state index >= 15 is 0 Å². The maximum absolute atomic E-state index is 12.7. The molecule has 9 heteroatoms. The quantitative estimate of drug-likeness (QED) is 0.481. The molecule has 142 valence electrons. The molecule has 5 aromatic rings. The van der Waals surface area contributed by atoms with E-state index in [2.05, 4.69) is 25.4 Å². The number of pyridine rings is 1. The van der Waals surface area contributed by atoms with Crippen molar-refractivity contribution in [2.75, 3.05) is 0 Å². The van der Waals surface area contributed by atoms with E-state index < -0.39 is 0 Å². The second kappa shape index (κ2) is 6.95. The number of amides is 1. The first-order valence-electron chi connectivity index (χ1n) is 8.82. The molecule has 0 bridgehead atoms. The summed E-state index contributed by atoms with van der Waals surface area (Å²) >= 11 is 1.47. The lowest BCUT2D eigenvalue weighted by Crippen LogP contribution is -2.23. The van der Waals surface area contributed by atoms with Crippen LogP contribution in [0.4, 0.5) is 0 Å². The molecule has 0 spiro atoms. The van der Waals surface area contributed by atoms with Crippen LogP contribution in [0.3, 0.4) is 0 Å². The molecular weight excluding hydrogens is 388 g/mol. The maximum Gasteiger partial charge on any atom is 0.259 e. The van der Waals surface area contributed by atoms with Crippen LogP contribution in [0.2, 0.25) is 0 Å². The summed E-state index contributed by atoms with van der Waals surface area (Å²) in [5, 5.41) is 10.4. The number of hydrogen-bond donors (Lipinski definition) is 2. The number of carbonyl (C=O) groups excluding carboxylic acids is 1. The van der Waals surface area contributed by atoms with Crippen molar-refractivity contribution in [1.82, 2.24) is 29.9 Å². The number of benzene rings is 1. The predicted octanol–water partition coefficient (Wildman–Crippen LogP) is 2.62. The second-order valence-electron chi connectivity index (χ2n) is 6.33. The molecule has 0 aliphatic carbocycles. The van der Waals surface area contributed by atoms with Crippen LogP contribution >= 0.6 is 11.3 Å². The molecule has 0 saturated heterocycles. The number of hydrogen-bond acceptors (Lipinski definition) is 6. The zero-order valence-corrected chi connectivity index (χ0v) is 15.8. The van der Waals surface area contributed by atoms with Gasteiger partial charge >= 0.3 is 0 Å². The second-order valence-corrected chi connectivity index (χ2v) is 7.28. The number of nitrogens with one attached hydrogen (secondary N) is 2. The minimum Gasteiger partial charge on any atom is -0.345 e. The van der Waals surface area contributed by atoms with E-state index in [0.29, 0.717) is 22.1 Å². The largest absolute Gasteiger partial charge is 0.345 e. The summed E-state index contributed by atoms with van der Waals surface area (Å²) in [6, 6.07) is 10.9. The lowest BCUT2D eigenvalue weighted by atomic mass is 10.2. The average molecular weight is 402 g/mol. The Morgan fingerprint density at radius 2 is 2.00 bits per heavy atom. The van der Waals surface area contributed by atoms with E-state index in [1.54, 1.807) is 35.1 Å². The zero-order valence-electron chi connectivity index (χ0n) is 15.0.